The van der Waals surface area contributed by atoms with Crippen molar-refractivity contribution in [2.75, 3.05) is 18.0 Å². The molecule has 4 heteroatoms. The first-order valence-electron chi connectivity index (χ1n) is 7.19. The second kappa shape index (κ2) is 5.61. The van der Waals surface area contributed by atoms with Crippen molar-refractivity contribution in [3.05, 3.63) is 24.6 Å². The molecular weight excluding hydrogens is 238 g/mol. The van der Waals surface area contributed by atoms with Crippen LogP contribution in [0.3, 0.4) is 0 Å². The van der Waals surface area contributed by atoms with E-state index in [1.165, 1.54) is 32.1 Å². The van der Waals surface area contributed by atoms with Crippen molar-refractivity contribution in [3.63, 3.8) is 0 Å². The third-order valence-corrected chi connectivity index (χ3v) is 4.02. The number of hydrogen-bond donors (Lipinski definition) is 1. The van der Waals surface area contributed by atoms with E-state index in [0.29, 0.717) is 12.6 Å². The van der Waals surface area contributed by atoms with Crippen molar-refractivity contribution in [2.24, 2.45) is 5.73 Å². The molecule has 0 amide bonds. The number of fused-ring (bicyclic) bond motifs is 1. The van der Waals surface area contributed by atoms with Gasteiger partial charge in [-0.2, -0.15) is 0 Å². The van der Waals surface area contributed by atoms with Gasteiger partial charge in [0.25, 0.3) is 0 Å². The Balaban J connectivity index is 1.96. The lowest BCUT2D eigenvalue weighted by Crippen LogP contribution is -2.40. The molecule has 102 valence electrons. The summed E-state index contributed by atoms with van der Waals surface area (Å²) in [7, 11) is 0. The zero-order chi connectivity index (χ0) is 13.1. The van der Waals surface area contributed by atoms with Gasteiger partial charge in [-0.1, -0.05) is 19.3 Å². The first kappa shape index (κ1) is 12.5. The largest absolute Gasteiger partial charge is 0.464 e. The van der Waals surface area contributed by atoms with Crippen molar-refractivity contribution in [1.82, 2.24) is 4.98 Å². The fraction of sp³-hybridized carbons (Fsp3) is 0.533. The average molecular weight is 259 g/mol. The summed E-state index contributed by atoms with van der Waals surface area (Å²) in [5, 5.41) is 1.10. The third-order valence-electron chi connectivity index (χ3n) is 4.02. The number of pyridine rings is 1. The van der Waals surface area contributed by atoms with E-state index < -0.39 is 0 Å². The maximum atomic E-state index is 5.80. The molecule has 1 aliphatic carbocycles. The van der Waals surface area contributed by atoms with Gasteiger partial charge in [0.1, 0.15) is 11.4 Å². The third kappa shape index (κ3) is 2.45. The van der Waals surface area contributed by atoms with Gasteiger partial charge in [-0.25, -0.2) is 4.98 Å². The molecule has 0 radical (unpaired) electrons. The zero-order valence-corrected chi connectivity index (χ0v) is 11.2. The number of furan rings is 1. The predicted molar refractivity (Wildman–Crippen MR) is 77.3 cm³/mol. The van der Waals surface area contributed by atoms with Crippen molar-refractivity contribution in [1.29, 1.82) is 0 Å². The number of hydrogen-bond acceptors (Lipinski definition) is 4. The van der Waals surface area contributed by atoms with Gasteiger partial charge >= 0.3 is 0 Å². The minimum absolute atomic E-state index is 0.574. The Labute approximate surface area is 113 Å². The molecule has 1 saturated carbocycles. The number of nitrogens with zero attached hydrogens (tertiary/aromatic N) is 2. The minimum Gasteiger partial charge on any atom is -0.464 e. The molecule has 4 nitrogen and oxygen atoms in total. The van der Waals surface area contributed by atoms with E-state index in [0.717, 1.165) is 23.3 Å². The molecule has 0 spiro atoms. The van der Waals surface area contributed by atoms with E-state index in [2.05, 4.69) is 9.88 Å². The zero-order valence-electron chi connectivity index (χ0n) is 11.2. The van der Waals surface area contributed by atoms with Gasteiger partial charge in [0.05, 0.1) is 11.6 Å². The lowest BCUT2D eigenvalue weighted by atomic mass is 9.94. The summed E-state index contributed by atoms with van der Waals surface area (Å²) < 4.78 is 5.48. The first-order valence-corrected chi connectivity index (χ1v) is 7.19. The monoisotopic (exact) mass is 259 g/mol. The van der Waals surface area contributed by atoms with E-state index in [-0.39, 0.29) is 0 Å². The van der Waals surface area contributed by atoms with Crippen LogP contribution < -0.4 is 10.6 Å². The summed E-state index contributed by atoms with van der Waals surface area (Å²) in [6.45, 7) is 1.52. The number of rotatable bonds is 4. The Morgan fingerprint density at radius 2 is 2.11 bits per heavy atom. The molecule has 2 aromatic heterocycles. The molecule has 0 unspecified atom stereocenters. The van der Waals surface area contributed by atoms with Gasteiger partial charge in [-0.05, 0) is 25.0 Å². The summed E-state index contributed by atoms with van der Waals surface area (Å²) in [4.78, 5) is 6.97. The lowest BCUT2D eigenvalue weighted by molar-refractivity contribution is 0.415. The number of nitrogens with two attached hydrogens (primary N) is 1. The summed E-state index contributed by atoms with van der Waals surface area (Å²) >= 11 is 0. The molecule has 0 aliphatic heterocycles. The van der Waals surface area contributed by atoms with Crippen LogP contribution in [0.25, 0.3) is 11.0 Å². The SMILES string of the molecule is NCCN(c1nccc2occc12)C1CCCCC1. The second-order valence-electron chi connectivity index (χ2n) is 5.24. The topological polar surface area (TPSA) is 55.3 Å². The number of anilines is 1. The van der Waals surface area contributed by atoms with Crippen LogP contribution in [0, 0.1) is 0 Å². The normalized spacial score (nSPS) is 16.9. The standard InChI is InChI=1S/C15H21N3O/c16-8-10-18(12-4-2-1-3-5-12)15-13-7-11-19-14(13)6-9-17-15/h6-7,9,11-12H,1-5,8,10,16H2. The lowest BCUT2D eigenvalue weighted by Gasteiger charge is -2.35. The fourth-order valence-corrected chi connectivity index (χ4v) is 3.10. The van der Waals surface area contributed by atoms with Gasteiger partial charge < -0.3 is 15.1 Å². The van der Waals surface area contributed by atoms with Crippen LogP contribution >= 0.6 is 0 Å². The van der Waals surface area contributed by atoms with E-state index in [1.807, 2.05) is 18.3 Å². The molecule has 3 rings (SSSR count). The summed E-state index contributed by atoms with van der Waals surface area (Å²) in [5.41, 5.74) is 6.71. The van der Waals surface area contributed by atoms with Crippen molar-refractivity contribution in [3.8, 4) is 0 Å². The van der Waals surface area contributed by atoms with Gasteiger partial charge in [0.2, 0.25) is 0 Å². The molecule has 19 heavy (non-hydrogen) atoms. The fourth-order valence-electron chi connectivity index (χ4n) is 3.10. The highest BCUT2D eigenvalue weighted by atomic mass is 16.3. The number of aromatic nitrogens is 1. The average Bonchev–Trinajstić information content (AvgIpc) is 2.94. The smallest absolute Gasteiger partial charge is 0.139 e. The Morgan fingerprint density at radius 3 is 2.89 bits per heavy atom. The van der Waals surface area contributed by atoms with Gasteiger partial charge in [0, 0.05) is 25.3 Å². The first-order chi connectivity index (χ1) is 9.40. The molecule has 0 bridgehead atoms. The molecule has 2 aromatic rings. The second-order valence-corrected chi connectivity index (χ2v) is 5.24. The Kier molecular flexibility index (Phi) is 3.69. The minimum atomic E-state index is 0.574. The molecule has 2 heterocycles. The highest BCUT2D eigenvalue weighted by Crippen LogP contribution is 2.31. The Hall–Kier alpha value is -1.55. The van der Waals surface area contributed by atoms with Gasteiger partial charge in [0.15, 0.2) is 0 Å². The van der Waals surface area contributed by atoms with Crippen molar-refractivity contribution < 1.29 is 4.42 Å². The summed E-state index contributed by atoms with van der Waals surface area (Å²) in [6, 6.07) is 4.50. The Bertz CT molecular complexity index is 531. The van der Waals surface area contributed by atoms with Gasteiger partial charge in [-0.15, -0.1) is 0 Å². The molecule has 1 fully saturated rings. The predicted octanol–water partition coefficient (Wildman–Crippen LogP) is 2.93. The van der Waals surface area contributed by atoms with Crippen LogP contribution in [0.5, 0.6) is 0 Å². The van der Waals surface area contributed by atoms with Crippen LogP contribution in [-0.4, -0.2) is 24.1 Å². The highest BCUT2D eigenvalue weighted by Gasteiger charge is 2.23. The van der Waals surface area contributed by atoms with Crippen molar-refractivity contribution >= 4 is 16.8 Å². The van der Waals surface area contributed by atoms with Crippen LogP contribution in [0.2, 0.25) is 0 Å². The summed E-state index contributed by atoms with van der Waals surface area (Å²) in [6.07, 6.45) is 10.0. The molecule has 2 N–H and O–H groups in total. The molecular formula is C15H21N3O. The van der Waals surface area contributed by atoms with E-state index in [1.54, 1.807) is 6.26 Å². The quantitative estimate of drug-likeness (QED) is 0.917. The molecule has 0 aromatic carbocycles. The molecule has 0 saturated heterocycles. The Morgan fingerprint density at radius 1 is 1.26 bits per heavy atom. The van der Waals surface area contributed by atoms with Crippen LogP contribution in [0.1, 0.15) is 32.1 Å². The van der Waals surface area contributed by atoms with E-state index >= 15 is 0 Å². The summed E-state index contributed by atoms with van der Waals surface area (Å²) in [5.74, 6) is 1.03. The van der Waals surface area contributed by atoms with E-state index in [9.17, 15) is 0 Å². The molecule has 1 aliphatic rings. The van der Waals surface area contributed by atoms with E-state index in [4.69, 9.17) is 10.2 Å². The van der Waals surface area contributed by atoms with Crippen LogP contribution in [0.4, 0.5) is 5.82 Å². The molecule has 0 atom stereocenters. The highest BCUT2D eigenvalue weighted by molar-refractivity contribution is 5.88. The van der Waals surface area contributed by atoms with Crippen LogP contribution in [-0.2, 0) is 0 Å². The maximum Gasteiger partial charge on any atom is 0.139 e. The van der Waals surface area contributed by atoms with Crippen molar-refractivity contribution in [2.45, 2.75) is 38.1 Å². The van der Waals surface area contributed by atoms with Crippen LogP contribution in [0.15, 0.2) is 29.0 Å². The maximum absolute atomic E-state index is 5.80. The van der Waals surface area contributed by atoms with Gasteiger partial charge in [-0.3, -0.25) is 0 Å².